The van der Waals surface area contributed by atoms with Gasteiger partial charge in [-0.25, -0.2) is 0 Å². The van der Waals surface area contributed by atoms with Crippen molar-refractivity contribution in [2.45, 2.75) is 18.5 Å². The number of nitrogens with two attached hydrogens (primary N) is 1. The second-order valence-corrected chi connectivity index (χ2v) is 7.32. The Morgan fingerprint density at radius 3 is 2.58 bits per heavy atom. The molecule has 1 aromatic rings. The SMILES string of the molecule is Cl.NCc1ccc(C(=O)NCC2(N3CCOCC3)CCSC2)cc1. The van der Waals surface area contributed by atoms with Crippen molar-refractivity contribution in [3.05, 3.63) is 35.4 Å². The van der Waals surface area contributed by atoms with Gasteiger partial charge in [0.1, 0.15) is 0 Å². The Bertz CT molecular complexity index is 529. The molecule has 7 heteroatoms. The molecule has 3 N–H and O–H groups in total. The first kappa shape index (κ1) is 19.5. The van der Waals surface area contributed by atoms with Crippen LogP contribution in [0.2, 0.25) is 0 Å². The Balaban J connectivity index is 0.00000208. The Morgan fingerprint density at radius 2 is 2.00 bits per heavy atom. The molecule has 1 aromatic carbocycles. The molecular weight excluding hydrogens is 346 g/mol. The van der Waals surface area contributed by atoms with Gasteiger partial charge in [-0.2, -0.15) is 11.8 Å². The minimum atomic E-state index is -0.00175. The summed E-state index contributed by atoms with van der Waals surface area (Å²) in [5.74, 6) is 2.25. The largest absolute Gasteiger partial charge is 0.379 e. The van der Waals surface area contributed by atoms with Crippen molar-refractivity contribution in [3.8, 4) is 0 Å². The number of nitrogens with one attached hydrogen (secondary N) is 1. The smallest absolute Gasteiger partial charge is 0.251 e. The van der Waals surface area contributed by atoms with E-state index in [2.05, 4.69) is 10.2 Å². The summed E-state index contributed by atoms with van der Waals surface area (Å²) in [5, 5.41) is 3.15. The van der Waals surface area contributed by atoms with Gasteiger partial charge in [-0.3, -0.25) is 9.69 Å². The van der Waals surface area contributed by atoms with E-state index in [1.165, 1.54) is 5.75 Å². The minimum Gasteiger partial charge on any atom is -0.379 e. The molecule has 1 atom stereocenters. The molecule has 2 fully saturated rings. The molecule has 2 aliphatic rings. The Kier molecular flexibility index (Phi) is 7.37. The van der Waals surface area contributed by atoms with Crippen LogP contribution in [0.3, 0.4) is 0 Å². The third-order valence-corrected chi connectivity index (χ3v) is 6.03. The third kappa shape index (κ3) is 4.43. The lowest BCUT2D eigenvalue weighted by molar-refractivity contribution is -0.0129. The minimum absolute atomic E-state index is 0. The molecule has 0 aliphatic carbocycles. The average Bonchev–Trinajstić information content (AvgIpc) is 3.11. The van der Waals surface area contributed by atoms with E-state index in [0.717, 1.165) is 44.0 Å². The van der Waals surface area contributed by atoms with E-state index in [4.69, 9.17) is 10.5 Å². The van der Waals surface area contributed by atoms with Crippen LogP contribution in [0, 0.1) is 0 Å². The molecule has 3 rings (SSSR count). The summed E-state index contributed by atoms with van der Waals surface area (Å²) in [6.07, 6.45) is 1.13. The van der Waals surface area contributed by atoms with Crippen LogP contribution in [-0.2, 0) is 11.3 Å². The maximum atomic E-state index is 12.4. The number of amides is 1. The number of hydrogen-bond acceptors (Lipinski definition) is 5. The number of thioether (sulfide) groups is 1. The molecule has 0 bridgehead atoms. The second-order valence-electron chi connectivity index (χ2n) is 6.21. The summed E-state index contributed by atoms with van der Waals surface area (Å²) >= 11 is 1.98. The van der Waals surface area contributed by atoms with Crippen LogP contribution in [0.15, 0.2) is 24.3 Å². The summed E-state index contributed by atoms with van der Waals surface area (Å²) < 4.78 is 5.47. The summed E-state index contributed by atoms with van der Waals surface area (Å²) in [5.41, 5.74) is 7.42. The van der Waals surface area contributed by atoms with Crippen molar-refractivity contribution in [3.63, 3.8) is 0 Å². The van der Waals surface area contributed by atoms with Crippen molar-refractivity contribution < 1.29 is 9.53 Å². The highest BCUT2D eigenvalue weighted by atomic mass is 35.5. The van der Waals surface area contributed by atoms with Gasteiger partial charge in [0.2, 0.25) is 0 Å². The number of benzene rings is 1. The predicted molar refractivity (Wildman–Crippen MR) is 101 cm³/mol. The molecule has 1 amide bonds. The number of carbonyl (C=O) groups is 1. The van der Waals surface area contributed by atoms with Gasteiger partial charge >= 0.3 is 0 Å². The monoisotopic (exact) mass is 371 g/mol. The lowest BCUT2D eigenvalue weighted by Gasteiger charge is -2.43. The van der Waals surface area contributed by atoms with Crippen LogP contribution in [0.4, 0.5) is 0 Å². The lowest BCUT2D eigenvalue weighted by Crippen LogP contribution is -2.59. The van der Waals surface area contributed by atoms with Gasteiger partial charge in [-0.15, -0.1) is 12.4 Å². The Morgan fingerprint density at radius 1 is 1.29 bits per heavy atom. The van der Waals surface area contributed by atoms with Gasteiger partial charge in [-0.1, -0.05) is 12.1 Å². The van der Waals surface area contributed by atoms with Gasteiger partial charge in [0, 0.05) is 43.0 Å². The van der Waals surface area contributed by atoms with Gasteiger partial charge in [0.25, 0.3) is 5.91 Å². The van der Waals surface area contributed by atoms with E-state index in [0.29, 0.717) is 18.7 Å². The van der Waals surface area contributed by atoms with Crippen LogP contribution in [0.25, 0.3) is 0 Å². The quantitative estimate of drug-likeness (QED) is 0.821. The highest BCUT2D eigenvalue weighted by Crippen LogP contribution is 2.33. The van der Waals surface area contributed by atoms with Crippen LogP contribution >= 0.6 is 24.2 Å². The predicted octanol–water partition coefficient (Wildman–Crippen LogP) is 1.50. The summed E-state index contributed by atoms with van der Waals surface area (Å²) in [6, 6.07) is 7.53. The fourth-order valence-electron chi connectivity index (χ4n) is 3.27. The molecule has 2 saturated heterocycles. The van der Waals surface area contributed by atoms with E-state index < -0.39 is 0 Å². The zero-order valence-electron chi connectivity index (χ0n) is 13.8. The van der Waals surface area contributed by atoms with E-state index in [9.17, 15) is 4.79 Å². The van der Waals surface area contributed by atoms with Crippen LogP contribution in [0.1, 0.15) is 22.3 Å². The lowest BCUT2D eigenvalue weighted by atomic mass is 9.95. The third-order valence-electron chi connectivity index (χ3n) is 4.79. The fraction of sp³-hybridized carbons (Fsp3) is 0.588. The number of hydrogen-bond donors (Lipinski definition) is 2. The highest BCUT2D eigenvalue weighted by molar-refractivity contribution is 7.99. The van der Waals surface area contributed by atoms with Crippen LogP contribution < -0.4 is 11.1 Å². The highest BCUT2D eigenvalue weighted by Gasteiger charge is 2.40. The zero-order valence-corrected chi connectivity index (χ0v) is 15.5. The number of nitrogens with zero attached hydrogens (tertiary/aromatic N) is 1. The van der Waals surface area contributed by atoms with E-state index in [-0.39, 0.29) is 23.9 Å². The summed E-state index contributed by atoms with van der Waals surface area (Å²) in [7, 11) is 0. The number of carbonyl (C=O) groups excluding carboxylic acids is 1. The van der Waals surface area contributed by atoms with Crippen molar-refractivity contribution in [2.75, 3.05) is 44.4 Å². The zero-order chi connectivity index (χ0) is 16.1. The van der Waals surface area contributed by atoms with Gasteiger partial charge in [0.15, 0.2) is 0 Å². The maximum Gasteiger partial charge on any atom is 0.251 e. The van der Waals surface area contributed by atoms with Crippen molar-refractivity contribution in [1.29, 1.82) is 0 Å². The Hall–Kier alpha value is -0.790. The first-order valence-corrected chi connectivity index (χ1v) is 9.37. The molecule has 0 spiro atoms. The number of morpholine rings is 1. The molecule has 2 aliphatic heterocycles. The summed E-state index contributed by atoms with van der Waals surface area (Å²) in [4.78, 5) is 14.9. The molecule has 0 radical (unpaired) electrons. The molecule has 0 saturated carbocycles. The molecular formula is C17H26ClN3O2S. The Labute approximate surface area is 154 Å². The number of halogens is 1. The first-order chi connectivity index (χ1) is 11.2. The van der Waals surface area contributed by atoms with Gasteiger partial charge in [-0.05, 0) is 29.9 Å². The number of rotatable bonds is 5. The van der Waals surface area contributed by atoms with Crippen molar-refractivity contribution >= 4 is 30.1 Å². The van der Waals surface area contributed by atoms with Crippen molar-refractivity contribution in [1.82, 2.24) is 10.2 Å². The average molecular weight is 372 g/mol. The summed E-state index contributed by atoms with van der Waals surface area (Å²) in [6.45, 7) is 4.71. The fourth-order valence-corrected chi connectivity index (χ4v) is 4.75. The van der Waals surface area contributed by atoms with Gasteiger partial charge in [0.05, 0.1) is 13.2 Å². The molecule has 24 heavy (non-hydrogen) atoms. The molecule has 0 aromatic heterocycles. The van der Waals surface area contributed by atoms with Crippen LogP contribution in [0.5, 0.6) is 0 Å². The molecule has 134 valence electrons. The van der Waals surface area contributed by atoms with E-state index in [1.54, 1.807) is 0 Å². The van der Waals surface area contributed by atoms with E-state index >= 15 is 0 Å². The molecule has 5 nitrogen and oxygen atoms in total. The normalized spacial score (nSPS) is 24.4. The van der Waals surface area contributed by atoms with E-state index in [1.807, 2.05) is 36.0 Å². The first-order valence-electron chi connectivity index (χ1n) is 8.21. The van der Waals surface area contributed by atoms with Crippen molar-refractivity contribution in [2.24, 2.45) is 5.73 Å². The molecule has 1 unspecified atom stereocenters. The van der Waals surface area contributed by atoms with Gasteiger partial charge < -0.3 is 15.8 Å². The number of ether oxygens (including phenoxy) is 1. The topological polar surface area (TPSA) is 67.6 Å². The van der Waals surface area contributed by atoms with Crippen LogP contribution in [-0.4, -0.2) is 60.7 Å². The second kappa shape index (κ2) is 9.06. The molecule has 2 heterocycles. The maximum absolute atomic E-state index is 12.4. The standard InChI is InChI=1S/C17H25N3O2S.ClH/c18-11-14-1-3-15(4-2-14)16(21)19-12-17(5-10-23-13-17)20-6-8-22-9-7-20;/h1-4H,5-13,18H2,(H,19,21);1H.